The van der Waals surface area contributed by atoms with E-state index in [1.807, 2.05) is 36.6 Å². The van der Waals surface area contributed by atoms with E-state index >= 15 is 0 Å². The van der Waals surface area contributed by atoms with Gasteiger partial charge in [-0.1, -0.05) is 12.8 Å². The van der Waals surface area contributed by atoms with E-state index in [0.717, 1.165) is 41.3 Å². The van der Waals surface area contributed by atoms with E-state index in [1.54, 1.807) is 11.3 Å². The van der Waals surface area contributed by atoms with E-state index in [2.05, 4.69) is 15.5 Å². The van der Waals surface area contributed by atoms with Gasteiger partial charge in [0.25, 0.3) is 0 Å². The fourth-order valence-corrected chi connectivity index (χ4v) is 4.30. The number of fused-ring (bicyclic) bond motifs is 1. The van der Waals surface area contributed by atoms with E-state index in [1.165, 1.54) is 0 Å². The lowest BCUT2D eigenvalue weighted by Gasteiger charge is -2.28. The van der Waals surface area contributed by atoms with E-state index in [4.69, 9.17) is 0 Å². The van der Waals surface area contributed by atoms with Gasteiger partial charge in [0, 0.05) is 15.6 Å². The molecule has 1 aromatic carbocycles. The number of anilines is 1. The molecule has 1 saturated carbocycles. The molecule has 5 nitrogen and oxygen atoms in total. The summed E-state index contributed by atoms with van der Waals surface area (Å²) in [5.74, 6) is 0.919. The minimum atomic E-state index is -0.333. The number of aliphatic hydroxyl groups excluding tert-OH is 1. The normalized spacial score (nSPS) is 20.7. The molecule has 2 atom stereocenters. The Morgan fingerprint density at radius 2 is 2.00 bits per heavy atom. The maximum Gasteiger partial charge on any atom is 0.149 e. The molecule has 0 spiro atoms. The predicted molar refractivity (Wildman–Crippen MR) is 101 cm³/mol. The second-order valence-corrected chi connectivity index (χ2v) is 7.61. The summed E-state index contributed by atoms with van der Waals surface area (Å²) in [4.78, 5) is 0. The summed E-state index contributed by atoms with van der Waals surface area (Å²) < 4.78 is 1.05. The summed E-state index contributed by atoms with van der Waals surface area (Å²) in [6, 6.07) is 7.77. The first-order chi connectivity index (χ1) is 12.1. The number of aromatic nitrogens is 2. The summed E-state index contributed by atoms with van der Waals surface area (Å²) >= 11 is 1.60. The third-order valence-electron chi connectivity index (χ3n) is 4.91. The molecule has 0 saturated heterocycles. The highest BCUT2D eigenvalue weighted by atomic mass is 32.1. The van der Waals surface area contributed by atoms with E-state index in [0.29, 0.717) is 17.1 Å². The van der Waals surface area contributed by atoms with E-state index in [9.17, 15) is 10.2 Å². The summed E-state index contributed by atoms with van der Waals surface area (Å²) in [7, 11) is 0. The molecule has 2 heterocycles. The highest BCUT2D eigenvalue weighted by molar-refractivity contribution is 7.17. The Labute approximate surface area is 150 Å². The van der Waals surface area contributed by atoms with Crippen LogP contribution in [0.3, 0.4) is 0 Å². The maximum absolute atomic E-state index is 10.6. The molecule has 4 rings (SSSR count). The number of nitrogens with zero attached hydrogens (tertiary/aromatic N) is 2. The molecule has 6 heteroatoms. The van der Waals surface area contributed by atoms with Gasteiger partial charge in [-0.2, -0.15) is 0 Å². The van der Waals surface area contributed by atoms with Crippen molar-refractivity contribution in [2.75, 3.05) is 5.32 Å². The molecular formula is C19H21N3O2S. The molecule has 0 aliphatic heterocycles. The van der Waals surface area contributed by atoms with Crippen molar-refractivity contribution in [3.05, 3.63) is 35.2 Å². The van der Waals surface area contributed by atoms with E-state index < -0.39 is 0 Å². The lowest BCUT2D eigenvalue weighted by atomic mass is 9.92. The van der Waals surface area contributed by atoms with Gasteiger partial charge >= 0.3 is 0 Å². The third-order valence-corrected chi connectivity index (χ3v) is 5.79. The highest BCUT2D eigenvalue weighted by Crippen LogP contribution is 2.38. The average molecular weight is 355 g/mol. The second kappa shape index (κ2) is 6.61. The monoisotopic (exact) mass is 355 g/mol. The molecule has 1 aliphatic carbocycles. The van der Waals surface area contributed by atoms with Crippen LogP contribution in [0.2, 0.25) is 0 Å². The lowest BCUT2D eigenvalue weighted by Crippen LogP contribution is -2.36. The van der Waals surface area contributed by atoms with Crippen LogP contribution in [0.5, 0.6) is 5.75 Å². The zero-order valence-electron chi connectivity index (χ0n) is 14.1. The number of hydrogen-bond acceptors (Lipinski definition) is 6. The molecule has 0 radical (unpaired) electrons. The van der Waals surface area contributed by atoms with Crippen LogP contribution in [0.15, 0.2) is 29.6 Å². The zero-order valence-corrected chi connectivity index (χ0v) is 14.9. The third kappa shape index (κ3) is 3.07. The van der Waals surface area contributed by atoms with Crippen molar-refractivity contribution in [1.29, 1.82) is 0 Å². The van der Waals surface area contributed by atoms with Crippen molar-refractivity contribution in [1.82, 2.24) is 10.2 Å². The van der Waals surface area contributed by atoms with Gasteiger partial charge in [-0.3, -0.25) is 0 Å². The zero-order chi connectivity index (χ0) is 17.4. The van der Waals surface area contributed by atoms with Crippen molar-refractivity contribution in [3.63, 3.8) is 0 Å². The molecule has 1 aliphatic rings. The molecule has 1 fully saturated rings. The summed E-state index contributed by atoms with van der Waals surface area (Å²) in [6.07, 6.45) is 3.64. The van der Waals surface area contributed by atoms with Crippen LogP contribution in [0.25, 0.3) is 21.3 Å². The fraction of sp³-hybridized carbons (Fsp3) is 0.368. The molecule has 3 aromatic rings. The number of phenolic OH excluding ortho intramolecular Hbond substituents is 1. The van der Waals surface area contributed by atoms with Crippen LogP contribution >= 0.6 is 11.3 Å². The number of benzene rings is 1. The number of aromatic hydroxyl groups is 1. The Morgan fingerprint density at radius 1 is 1.16 bits per heavy atom. The smallest absolute Gasteiger partial charge is 0.149 e. The van der Waals surface area contributed by atoms with Crippen LogP contribution in [0.1, 0.15) is 31.2 Å². The molecule has 3 N–H and O–H groups in total. The van der Waals surface area contributed by atoms with Gasteiger partial charge in [0.15, 0.2) is 0 Å². The van der Waals surface area contributed by atoms with Crippen LogP contribution in [-0.4, -0.2) is 32.6 Å². The van der Waals surface area contributed by atoms with E-state index in [-0.39, 0.29) is 17.9 Å². The van der Waals surface area contributed by atoms with Gasteiger partial charge in [0.05, 0.1) is 17.8 Å². The first-order valence-corrected chi connectivity index (χ1v) is 9.50. The van der Waals surface area contributed by atoms with Crippen molar-refractivity contribution < 1.29 is 10.2 Å². The van der Waals surface area contributed by atoms with Gasteiger partial charge in [0.1, 0.15) is 11.6 Å². The summed E-state index contributed by atoms with van der Waals surface area (Å²) in [5.41, 5.74) is 2.31. The van der Waals surface area contributed by atoms with Crippen molar-refractivity contribution in [2.45, 2.75) is 44.8 Å². The van der Waals surface area contributed by atoms with Gasteiger partial charge in [-0.05, 0) is 55.0 Å². The standard InChI is InChI=1S/C19H21N3O2S/c1-11-10-17(20-14-4-2-3-5-15(14)23)21-22-18(11)13-6-7-16-12(19(13)24)8-9-25-16/h6-10,14-15,23-24H,2-5H2,1H3,(H,20,21). The second-order valence-electron chi connectivity index (χ2n) is 6.66. The van der Waals surface area contributed by atoms with Gasteiger partial charge in [0.2, 0.25) is 0 Å². The number of aryl methyl sites for hydroxylation is 1. The number of thiophene rings is 1. The Hall–Kier alpha value is -2.18. The summed E-state index contributed by atoms with van der Waals surface area (Å²) in [5, 5.41) is 35.4. The minimum Gasteiger partial charge on any atom is -0.507 e. The first-order valence-electron chi connectivity index (χ1n) is 8.62. The molecule has 2 aromatic heterocycles. The minimum absolute atomic E-state index is 0.0314. The maximum atomic E-state index is 10.6. The predicted octanol–water partition coefficient (Wildman–Crippen LogP) is 4.09. The Balaban J connectivity index is 1.64. The van der Waals surface area contributed by atoms with Gasteiger partial charge < -0.3 is 15.5 Å². The highest BCUT2D eigenvalue weighted by Gasteiger charge is 2.23. The van der Waals surface area contributed by atoms with Crippen LogP contribution < -0.4 is 5.32 Å². The molecule has 25 heavy (non-hydrogen) atoms. The molecular weight excluding hydrogens is 334 g/mol. The quantitative estimate of drug-likeness (QED) is 0.659. The Morgan fingerprint density at radius 3 is 2.80 bits per heavy atom. The van der Waals surface area contributed by atoms with Crippen molar-refractivity contribution >= 4 is 27.2 Å². The van der Waals surface area contributed by atoms with Gasteiger partial charge in [-0.25, -0.2) is 0 Å². The Bertz CT molecular complexity index is 909. The average Bonchev–Trinajstić information content (AvgIpc) is 3.08. The SMILES string of the molecule is Cc1cc(NC2CCCCC2O)nnc1-c1ccc2sccc2c1O. The molecule has 2 unspecified atom stereocenters. The van der Waals surface area contributed by atoms with Crippen molar-refractivity contribution in [2.24, 2.45) is 0 Å². The number of nitrogens with one attached hydrogen (secondary N) is 1. The molecule has 0 amide bonds. The summed E-state index contributed by atoms with van der Waals surface area (Å²) in [6.45, 7) is 1.96. The molecule has 0 bridgehead atoms. The largest absolute Gasteiger partial charge is 0.507 e. The lowest BCUT2D eigenvalue weighted by molar-refractivity contribution is 0.116. The van der Waals surface area contributed by atoms with Crippen LogP contribution in [0, 0.1) is 6.92 Å². The Kier molecular flexibility index (Phi) is 4.31. The van der Waals surface area contributed by atoms with Crippen molar-refractivity contribution in [3.8, 4) is 17.0 Å². The van der Waals surface area contributed by atoms with Gasteiger partial charge in [-0.15, -0.1) is 21.5 Å². The number of hydrogen-bond donors (Lipinski definition) is 3. The van der Waals surface area contributed by atoms with Crippen LogP contribution in [-0.2, 0) is 0 Å². The fourth-order valence-electron chi connectivity index (χ4n) is 3.51. The van der Waals surface area contributed by atoms with Crippen LogP contribution in [0.4, 0.5) is 5.82 Å². The molecule has 130 valence electrons. The number of rotatable bonds is 3. The first kappa shape index (κ1) is 16.3. The number of aliphatic hydroxyl groups is 1. The number of phenols is 1. The topological polar surface area (TPSA) is 78.3 Å².